The number of phenols is 1. The summed E-state index contributed by atoms with van der Waals surface area (Å²) >= 11 is 0. The molecule has 0 heterocycles. The number of rotatable bonds is 3. The molecule has 1 rings (SSSR count). The number of ether oxygens (including phenoxy) is 2. The van der Waals surface area contributed by atoms with Gasteiger partial charge in [-0.15, -0.1) is 0 Å². The predicted molar refractivity (Wildman–Crippen MR) is 63.6 cm³/mol. The van der Waals surface area contributed by atoms with E-state index in [1.165, 1.54) is 26.4 Å². The Balaban J connectivity index is 3.06. The molecular formula is C13H12O5. The molecule has 0 unspecified atom stereocenters. The summed E-state index contributed by atoms with van der Waals surface area (Å²) in [5, 5.41) is 9.49. The second kappa shape index (κ2) is 6.30. The minimum absolute atomic E-state index is 0.0714. The van der Waals surface area contributed by atoms with E-state index in [2.05, 4.69) is 16.6 Å². The number of carbonyl (C=O) groups excluding carboxylic acids is 2. The molecular weight excluding hydrogens is 236 g/mol. The van der Waals surface area contributed by atoms with Gasteiger partial charge >= 0.3 is 5.97 Å². The van der Waals surface area contributed by atoms with Crippen molar-refractivity contribution in [2.24, 2.45) is 0 Å². The summed E-state index contributed by atoms with van der Waals surface area (Å²) in [6, 6.07) is 2.69. The largest absolute Gasteiger partial charge is 0.504 e. The van der Waals surface area contributed by atoms with Crippen molar-refractivity contribution >= 4 is 12.3 Å². The fraction of sp³-hybridized carbons (Fsp3) is 0.231. The summed E-state index contributed by atoms with van der Waals surface area (Å²) in [4.78, 5) is 21.7. The average Bonchev–Trinajstić information content (AvgIpc) is 2.39. The Kier molecular flexibility index (Phi) is 4.76. The Hall–Kier alpha value is -2.48. The van der Waals surface area contributed by atoms with Crippen LogP contribution in [0.2, 0.25) is 0 Å². The molecule has 5 heteroatoms. The predicted octanol–water partition coefficient (Wildman–Crippen LogP) is 1.13. The highest BCUT2D eigenvalue weighted by molar-refractivity contribution is 5.81. The van der Waals surface area contributed by atoms with Crippen molar-refractivity contribution in [1.29, 1.82) is 0 Å². The topological polar surface area (TPSA) is 72.8 Å². The van der Waals surface area contributed by atoms with Gasteiger partial charge in [-0.3, -0.25) is 9.59 Å². The van der Waals surface area contributed by atoms with Crippen LogP contribution >= 0.6 is 0 Å². The van der Waals surface area contributed by atoms with E-state index < -0.39 is 5.97 Å². The van der Waals surface area contributed by atoms with Crippen LogP contribution in [-0.2, 0) is 9.53 Å². The third kappa shape index (κ3) is 3.25. The van der Waals surface area contributed by atoms with Gasteiger partial charge in [-0.2, -0.15) is 0 Å². The zero-order valence-corrected chi connectivity index (χ0v) is 10.0. The number of hydrogen-bond donors (Lipinski definition) is 1. The summed E-state index contributed by atoms with van der Waals surface area (Å²) in [6.45, 7) is 0. The first-order valence-corrected chi connectivity index (χ1v) is 5.04. The van der Waals surface area contributed by atoms with Crippen LogP contribution in [0.4, 0.5) is 0 Å². The van der Waals surface area contributed by atoms with Crippen LogP contribution in [0.5, 0.6) is 11.5 Å². The summed E-state index contributed by atoms with van der Waals surface area (Å²) in [5.41, 5.74) is 0.606. The first-order valence-electron chi connectivity index (χ1n) is 5.04. The van der Waals surface area contributed by atoms with E-state index in [0.29, 0.717) is 11.8 Å². The molecule has 0 saturated heterocycles. The summed E-state index contributed by atoms with van der Waals surface area (Å²) in [6.07, 6.45) is 0.499. The molecule has 5 nitrogen and oxygen atoms in total. The number of benzene rings is 1. The lowest BCUT2D eigenvalue weighted by molar-refractivity contribution is -0.139. The molecule has 0 spiro atoms. The van der Waals surface area contributed by atoms with Crippen molar-refractivity contribution in [1.82, 2.24) is 0 Å². The average molecular weight is 248 g/mol. The number of carbonyl (C=O) groups is 2. The van der Waals surface area contributed by atoms with E-state index >= 15 is 0 Å². The standard InChI is InChI=1S/C13H12O5/c1-17-12-7-9(4-3-5-13(16)18-2)10(8-14)6-11(12)15/h6-8,15H,5H2,1-2H3. The molecule has 0 bridgehead atoms. The molecule has 0 aliphatic carbocycles. The smallest absolute Gasteiger partial charge is 0.317 e. The zero-order valence-electron chi connectivity index (χ0n) is 10.0. The number of hydrogen-bond acceptors (Lipinski definition) is 5. The van der Waals surface area contributed by atoms with Crippen LogP contribution in [0.1, 0.15) is 22.3 Å². The minimum Gasteiger partial charge on any atom is -0.504 e. The first-order chi connectivity index (χ1) is 8.62. The van der Waals surface area contributed by atoms with Gasteiger partial charge in [0.05, 0.1) is 14.2 Å². The van der Waals surface area contributed by atoms with Crippen LogP contribution in [0.3, 0.4) is 0 Å². The Morgan fingerprint density at radius 1 is 1.44 bits per heavy atom. The van der Waals surface area contributed by atoms with Gasteiger partial charge in [0.2, 0.25) is 0 Å². The summed E-state index contributed by atoms with van der Waals surface area (Å²) < 4.78 is 9.34. The highest BCUT2D eigenvalue weighted by atomic mass is 16.5. The van der Waals surface area contributed by atoms with Crippen LogP contribution in [-0.4, -0.2) is 31.6 Å². The molecule has 0 atom stereocenters. The van der Waals surface area contributed by atoms with Crippen LogP contribution < -0.4 is 4.74 Å². The van der Waals surface area contributed by atoms with Crippen molar-refractivity contribution in [2.45, 2.75) is 6.42 Å². The van der Waals surface area contributed by atoms with Crippen LogP contribution in [0, 0.1) is 11.8 Å². The van der Waals surface area contributed by atoms with Gasteiger partial charge in [0, 0.05) is 17.2 Å². The molecule has 1 aromatic rings. The Bertz CT molecular complexity index is 522. The maximum Gasteiger partial charge on any atom is 0.317 e. The minimum atomic E-state index is -0.458. The number of methoxy groups -OCH3 is 2. The summed E-state index contributed by atoms with van der Waals surface area (Å²) in [7, 11) is 2.66. The number of phenolic OH excluding ortho intramolecular Hbond substituents is 1. The molecule has 0 amide bonds. The van der Waals surface area contributed by atoms with Crippen molar-refractivity contribution in [3.8, 4) is 23.3 Å². The Morgan fingerprint density at radius 3 is 2.72 bits per heavy atom. The van der Waals surface area contributed by atoms with Crippen molar-refractivity contribution in [2.75, 3.05) is 14.2 Å². The SMILES string of the molecule is COC(=O)CC#Cc1cc(OC)c(O)cc1C=O. The Labute approximate surface area is 104 Å². The molecule has 0 aliphatic heterocycles. The first kappa shape index (κ1) is 13.6. The van der Waals surface area contributed by atoms with Gasteiger partial charge in [0.15, 0.2) is 17.8 Å². The van der Waals surface area contributed by atoms with Gasteiger partial charge < -0.3 is 14.6 Å². The fourth-order valence-electron chi connectivity index (χ4n) is 1.24. The number of aromatic hydroxyl groups is 1. The maximum atomic E-state index is 10.9. The van der Waals surface area contributed by atoms with E-state index in [-0.39, 0.29) is 23.5 Å². The zero-order chi connectivity index (χ0) is 13.5. The van der Waals surface area contributed by atoms with Gasteiger partial charge in [-0.05, 0) is 6.07 Å². The lowest BCUT2D eigenvalue weighted by atomic mass is 10.1. The van der Waals surface area contributed by atoms with Crippen LogP contribution in [0.25, 0.3) is 0 Å². The van der Waals surface area contributed by atoms with E-state index in [0.717, 1.165) is 0 Å². The van der Waals surface area contributed by atoms with E-state index in [4.69, 9.17) is 4.74 Å². The third-order valence-corrected chi connectivity index (χ3v) is 2.16. The number of aldehydes is 1. The highest BCUT2D eigenvalue weighted by Gasteiger charge is 2.07. The summed E-state index contributed by atoms with van der Waals surface area (Å²) in [5.74, 6) is 4.85. The molecule has 1 aromatic carbocycles. The molecule has 0 aliphatic rings. The van der Waals surface area contributed by atoms with Gasteiger partial charge in [0.25, 0.3) is 0 Å². The normalized spacial score (nSPS) is 9.00. The molecule has 0 aromatic heterocycles. The highest BCUT2D eigenvalue weighted by Crippen LogP contribution is 2.28. The molecule has 18 heavy (non-hydrogen) atoms. The van der Waals surface area contributed by atoms with E-state index in [9.17, 15) is 14.7 Å². The number of esters is 1. The molecule has 0 fully saturated rings. The van der Waals surface area contributed by atoms with E-state index in [1.54, 1.807) is 0 Å². The lowest BCUT2D eigenvalue weighted by Crippen LogP contribution is -1.97. The Morgan fingerprint density at radius 2 is 2.17 bits per heavy atom. The van der Waals surface area contributed by atoms with Gasteiger partial charge in [-0.25, -0.2) is 0 Å². The van der Waals surface area contributed by atoms with E-state index in [1.807, 2.05) is 0 Å². The molecule has 1 N–H and O–H groups in total. The molecule has 0 radical (unpaired) electrons. The third-order valence-electron chi connectivity index (χ3n) is 2.16. The second-order valence-electron chi connectivity index (χ2n) is 3.28. The lowest BCUT2D eigenvalue weighted by Gasteiger charge is -2.05. The van der Waals surface area contributed by atoms with Crippen molar-refractivity contribution in [3.05, 3.63) is 23.3 Å². The monoisotopic (exact) mass is 248 g/mol. The fourth-order valence-corrected chi connectivity index (χ4v) is 1.24. The second-order valence-corrected chi connectivity index (χ2v) is 3.28. The molecule has 0 saturated carbocycles. The van der Waals surface area contributed by atoms with Crippen molar-refractivity contribution < 1.29 is 24.2 Å². The van der Waals surface area contributed by atoms with Gasteiger partial charge in [-0.1, -0.05) is 11.8 Å². The quantitative estimate of drug-likeness (QED) is 0.493. The maximum absolute atomic E-state index is 10.9. The van der Waals surface area contributed by atoms with Gasteiger partial charge in [0.1, 0.15) is 6.42 Å². The molecule has 94 valence electrons. The van der Waals surface area contributed by atoms with Crippen LogP contribution in [0.15, 0.2) is 12.1 Å². The van der Waals surface area contributed by atoms with Crippen molar-refractivity contribution in [3.63, 3.8) is 0 Å².